The van der Waals surface area contributed by atoms with Crippen LogP contribution in [0.3, 0.4) is 0 Å². The second-order valence-electron chi connectivity index (χ2n) is 5.74. The Morgan fingerprint density at radius 1 is 1.00 bits per heavy atom. The number of para-hydroxylation sites is 1. The number of H-pyrrole nitrogens is 1. The van der Waals surface area contributed by atoms with Crippen molar-refractivity contribution >= 4 is 22.5 Å². The highest BCUT2D eigenvalue weighted by Gasteiger charge is 2.09. The van der Waals surface area contributed by atoms with Crippen LogP contribution in [-0.4, -0.2) is 20.9 Å². The van der Waals surface area contributed by atoms with Crippen LogP contribution in [0.25, 0.3) is 22.3 Å². The quantitative estimate of drug-likeness (QED) is 0.598. The number of anilines is 1. The lowest BCUT2D eigenvalue weighted by Crippen LogP contribution is -2.14. The maximum Gasteiger partial charge on any atom is 0.228 e. The van der Waals surface area contributed by atoms with Gasteiger partial charge < -0.3 is 10.3 Å². The van der Waals surface area contributed by atoms with Gasteiger partial charge in [-0.3, -0.25) is 9.78 Å². The van der Waals surface area contributed by atoms with Gasteiger partial charge >= 0.3 is 0 Å². The van der Waals surface area contributed by atoms with Gasteiger partial charge in [-0.2, -0.15) is 0 Å². The zero-order chi connectivity index (χ0) is 17.1. The average Bonchev–Trinajstić information content (AvgIpc) is 3.17. The summed E-state index contributed by atoms with van der Waals surface area (Å²) >= 11 is 0. The number of pyridine rings is 1. The van der Waals surface area contributed by atoms with Gasteiger partial charge in [-0.15, -0.1) is 0 Å². The highest BCUT2D eigenvalue weighted by molar-refractivity contribution is 5.95. The van der Waals surface area contributed by atoms with Crippen LogP contribution in [0.15, 0.2) is 73.2 Å². The molecular formula is C20H16N4O. The van der Waals surface area contributed by atoms with Gasteiger partial charge in [0.05, 0.1) is 11.9 Å². The third kappa shape index (κ3) is 3.26. The molecule has 2 heterocycles. The molecule has 25 heavy (non-hydrogen) atoms. The summed E-state index contributed by atoms with van der Waals surface area (Å²) in [6.45, 7) is 0. The number of nitrogens with one attached hydrogen (secondary N) is 2. The smallest absolute Gasteiger partial charge is 0.228 e. The lowest BCUT2D eigenvalue weighted by molar-refractivity contribution is -0.115. The van der Waals surface area contributed by atoms with E-state index in [1.165, 1.54) is 0 Å². The summed E-state index contributed by atoms with van der Waals surface area (Å²) in [6, 6.07) is 17.4. The van der Waals surface area contributed by atoms with Crippen molar-refractivity contribution in [1.82, 2.24) is 15.0 Å². The van der Waals surface area contributed by atoms with E-state index in [0.29, 0.717) is 0 Å². The highest BCUT2D eigenvalue weighted by atomic mass is 16.1. The van der Waals surface area contributed by atoms with E-state index < -0.39 is 0 Å². The maximum absolute atomic E-state index is 12.5. The molecule has 0 radical (unpaired) electrons. The largest absolute Gasteiger partial charge is 0.345 e. The molecule has 5 nitrogen and oxygen atoms in total. The Bertz CT molecular complexity index is 1020. The first-order valence-electron chi connectivity index (χ1n) is 8.02. The zero-order valence-corrected chi connectivity index (χ0v) is 13.4. The van der Waals surface area contributed by atoms with Crippen LogP contribution in [0.5, 0.6) is 0 Å². The summed E-state index contributed by atoms with van der Waals surface area (Å²) in [4.78, 5) is 24.2. The fourth-order valence-corrected chi connectivity index (χ4v) is 2.86. The van der Waals surface area contributed by atoms with Crippen molar-refractivity contribution in [2.75, 3.05) is 5.32 Å². The van der Waals surface area contributed by atoms with Crippen molar-refractivity contribution in [2.24, 2.45) is 0 Å². The Kier molecular flexibility index (Phi) is 3.96. The molecule has 0 saturated carbocycles. The van der Waals surface area contributed by atoms with Gasteiger partial charge in [-0.25, -0.2) is 4.98 Å². The van der Waals surface area contributed by atoms with Crippen LogP contribution >= 0.6 is 0 Å². The molecule has 0 aliphatic carbocycles. The van der Waals surface area contributed by atoms with Crippen LogP contribution in [0.4, 0.5) is 5.69 Å². The van der Waals surface area contributed by atoms with Crippen molar-refractivity contribution in [3.05, 3.63) is 78.8 Å². The molecule has 4 rings (SSSR count). The Morgan fingerprint density at radius 3 is 2.76 bits per heavy atom. The van der Waals surface area contributed by atoms with E-state index in [1.54, 1.807) is 18.6 Å². The molecule has 0 spiro atoms. The monoisotopic (exact) mass is 328 g/mol. The fourth-order valence-electron chi connectivity index (χ4n) is 2.86. The average molecular weight is 328 g/mol. The van der Waals surface area contributed by atoms with E-state index in [2.05, 4.69) is 20.3 Å². The second kappa shape index (κ2) is 6.57. The molecule has 2 aromatic carbocycles. The molecule has 0 fully saturated rings. The van der Waals surface area contributed by atoms with Crippen LogP contribution < -0.4 is 5.32 Å². The normalized spacial score (nSPS) is 10.7. The van der Waals surface area contributed by atoms with Crippen LogP contribution in [0.2, 0.25) is 0 Å². The van der Waals surface area contributed by atoms with Crippen molar-refractivity contribution < 1.29 is 4.79 Å². The molecule has 0 unspecified atom stereocenters. The molecule has 0 aliphatic rings. The number of nitrogens with zero attached hydrogens (tertiary/aromatic N) is 2. The molecule has 4 aromatic rings. The fraction of sp³-hybridized carbons (Fsp3) is 0.0500. The molecular weight excluding hydrogens is 312 g/mol. The van der Waals surface area contributed by atoms with Crippen molar-refractivity contribution in [2.45, 2.75) is 6.42 Å². The number of imidazole rings is 1. The Balaban J connectivity index is 1.53. The van der Waals surface area contributed by atoms with Gasteiger partial charge in [-0.1, -0.05) is 36.4 Å². The van der Waals surface area contributed by atoms with E-state index in [9.17, 15) is 4.79 Å². The molecule has 0 bridgehead atoms. The number of amides is 1. The van der Waals surface area contributed by atoms with Gasteiger partial charge in [0.25, 0.3) is 0 Å². The molecule has 122 valence electrons. The Morgan fingerprint density at radius 2 is 1.88 bits per heavy atom. The van der Waals surface area contributed by atoms with E-state index in [1.807, 2.05) is 54.6 Å². The second-order valence-corrected chi connectivity index (χ2v) is 5.74. The van der Waals surface area contributed by atoms with Crippen molar-refractivity contribution in [3.63, 3.8) is 0 Å². The molecule has 2 aromatic heterocycles. The van der Waals surface area contributed by atoms with E-state index in [4.69, 9.17) is 0 Å². The summed E-state index contributed by atoms with van der Waals surface area (Å²) in [5.41, 5.74) is 3.45. The topological polar surface area (TPSA) is 70.7 Å². The Labute approximate surface area is 144 Å². The molecule has 2 N–H and O–H groups in total. The Hall–Kier alpha value is -3.47. The molecule has 5 heteroatoms. The van der Waals surface area contributed by atoms with Crippen LogP contribution in [-0.2, 0) is 11.2 Å². The maximum atomic E-state index is 12.5. The van der Waals surface area contributed by atoms with Crippen LogP contribution in [0, 0.1) is 0 Å². The van der Waals surface area contributed by atoms with Gasteiger partial charge in [-0.05, 0) is 23.8 Å². The summed E-state index contributed by atoms with van der Waals surface area (Å²) < 4.78 is 0. The van der Waals surface area contributed by atoms with Gasteiger partial charge in [0.15, 0.2) is 0 Å². The number of hydrogen-bond donors (Lipinski definition) is 2. The summed E-state index contributed by atoms with van der Waals surface area (Å²) in [5, 5.41) is 3.98. The first-order chi connectivity index (χ1) is 12.3. The molecule has 1 amide bonds. The van der Waals surface area contributed by atoms with Crippen molar-refractivity contribution in [1.29, 1.82) is 0 Å². The summed E-state index contributed by atoms with van der Waals surface area (Å²) in [6.07, 6.45) is 5.50. The number of benzene rings is 2. The minimum Gasteiger partial charge on any atom is -0.345 e. The third-order valence-corrected chi connectivity index (χ3v) is 3.99. The zero-order valence-electron chi connectivity index (χ0n) is 13.4. The summed E-state index contributed by atoms with van der Waals surface area (Å²) in [5.74, 6) is 0.698. The number of carbonyl (C=O) groups excluding carboxylic acids is 1. The third-order valence-electron chi connectivity index (χ3n) is 3.99. The van der Waals surface area contributed by atoms with Gasteiger partial charge in [0, 0.05) is 35.2 Å². The predicted molar refractivity (Wildman–Crippen MR) is 98.1 cm³/mol. The van der Waals surface area contributed by atoms with Gasteiger partial charge in [0.2, 0.25) is 5.91 Å². The van der Waals surface area contributed by atoms with E-state index in [0.717, 1.165) is 33.5 Å². The number of fused-ring (bicyclic) bond motifs is 1. The highest BCUT2D eigenvalue weighted by Crippen LogP contribution is 2.20. The lowest BCUT2D eigenvalue weighted by Gasteiger charge is -2.08. The number of aromatic amines is 1. The van der Waals surface area contributed by atoms with Gasteiger partial charge in [0.1, 0.15) is 5.82 Å². The minimum atomic E-state index is -0.0743. The SMILES string of the molecule is O=C(Cc1cccc2cccnc12)Nc1cccc(-c2ncc[nH]2)c1. The lowest BCUT2D eigenvalue weighted by atomic mass is 10.1. The first-order valence-corrected chi connectivity index (χ1v) is 8.02. The number of hydrogen-bond acceptors (Lipinski definition) is 3. The minimum absolute atomic E-state index is 0.0743. The molecule has 0 saturated heterocycles. The molecule has 0 atom stereocenters. The number of rotatable bonds is 4. The number of carbonyl (C=O) groups is 1. The van der Waals surface area contributed by atoms with E-state index in [-0.39, 0.29) is 12.3 Å². The predicted octanol–water partition coefficient (Wildman–Crippen LogP) is 3.81. The standard InChI is InChI=1S/C20H16N4O/c25-18(13-15-5-1-4-14-7-3-9-21-19(14)15)24-17-8-2-6-16(12-17)20-22-10-11-23-20/h1-12H,13H2,(H,22,23)(H,24,25). The number of aromatic nitrogens is 3. The summed E-state index contributed by atoms with van der Waals surface area (Å²) in [7, 11) is 0. The van der Waals surface area contributed by atoms with Crippen molar-refractivity contribution in [3.8, 4) is 11.4 Å². The van der Waals surface area contributed by atoms with Crippen LogP contribution in [0.1, 0.15) is 5.56 Å². The van der Waals surface area contributed by atoms with E-state index >= 15 is 0 Å². The molecule has 0 aliphatic heterocycles. The first kappa shape index (κ1) is 15.1.